The number of ether oxygens (including phenoxy) is 3. The Kier molecular flexibility index (Phi) is 10.5. The number of aliphatic hydroxyl groups excluding tert-OH is 1. The van der Waals surface area contributed by atoms with Gasteiger partial charge in [0.1, 0.15) is 11.5 Å². The molecule has 7 heteroatoms. The average molecular weight is 494 g/mol. The Morgan fingerprint density at radius 3 is 2.36 bits per heavy atom. The standard InChI is InChI=1S/C29H39N3O4/c1-6-17-35-21-24(33)19-31(18-22(3)4)20-27-28(7-2)30-32(23-11-9-8-10-12-23)29(27)36-26-15-13-25(34-5)14-16-26/h6,8-16,22,24,33H,1,7,17-21H2,2-5H3/t24-/m0/s1. The number of nitrogens with zero attached hydrogens (tertiary/aromatic N) is 3. The third-order valence-electron chi connectivity index (χ3n) is 5.65. The summed E-state index contributed by atoms with van der Waals surface area (Å²) in [6, 6.07) is 17.5. The summed E-state index contributed by atoms with van der Waals surface area (Å²) < 4.78 is 19.1. The normalized spacial score (nSPS) is 12.2. The van der Waals surface area contributed by atoms with Crippen LogP contribution in [0.5, 0.6) is 17.4 Å². The summed E-state index contributed by atoms with van der Waals surface area (Å²) in [5.41, 5.74) is 2.90. The number of aryl methyl sites for hydroxylation is 1. The van der Waals surface area contributed by atoms with Crippen molar-refractivity contribution in [3.8, 4) is 23.1 Å². The van der Waals surface area contributed by atoms with Crippen LogP contribution in [0, 0.1) is 5.92 Å². The zero-order valence-electron chi connectivity index (χ0n) is 21.9. The SMILES string of the molecule is C=CCOC[C@@H](O)CN(Cc1c(CC)nn(-c2ccccc2)c1Oc1ccc(OC)cc1)CC(C)C. The van der Waals surface area contributed by atoms with Gasteiger partial charge in [0, 0.05) is 19.6 Å². The van der Waals surface area contributed by atoms with E-state index in [1.807, 2.05) is 59.3 Å². The largest absolute Gasteiger partial charge is 0.497 e. The fourth-order valence-electron chi connectivity index (χ4n) is 4.11. The van der Waals surface area contributed by atoms with Crippen molar-refractivity contribution in [1.29, 1.82) is 0 Å². The van der Waals surface area contributed by atoms with E-state index in [0.717, 1.165) is 35.7 Å². The van der Waals surface area contributed by atoms with Crippen LogP contribution in [0.4, 0.5) is 0 Å². The Hall–Kier alpha value is -3.13. The van der Waals surface area contributed by atoms with E-state index in [1.54, 1.807) is 13.2 Å². The molecule has 0 spiro atoms. The molecule has 1 aromatic heterocycles. The second-order valence-electron chi connectivity index (χ2n) is 9.18. The van der Waals surface area contributed by atoms with Crippen molar-refractivity contribution in [1.82, 2.24) is 14.7 Å². The zero-order chi connectivity index (χ0) is 25.9. The monoisotopic (exact) mass is 493 g/mol. The molecule has 7 nitrogen and oxygen atoms in total. The minimum absolute atomic E-state index is 0.264. The van der Waals surface area contributed by atoms with Gasteiger partial charge in [0.05, 0.1) is 43.4 Å². The predicted octanol–water partition coefficient (Wildman–Crippen LogP) is 5.26. The second-order valence-corrected chi connectivity index (χ2v) is 9.18. The first-order valence-corrected chi connectivity index (χ1v) is 12.5. The van der Waals surface area contributed by atoms with E-state index in [9.17, 15) is 5.11 Å². The van der Waals surface area contributed by atoms with E-state index in [2.05, 4.69) is 32.3 Å². The lowest BCUT2D eigenvalue weighted by Crippen LogP contribution is -2.37. The average Bonchev–Trinajstić information content (AvgIpc) is 3.21. The molecule has 1 heterocycles. The van der Waals surface area contributed by atoms with E-state index in [1.165, 1.54) is 0 Å². The molecule has 0 unspecified atom stereocenters. The molecule has 0 aliphatic heterocycles. The number of rotatable bonds is 15. The van der Waals surface area contributed by atoms with Crippen molar-refractivity contribution in [2.24, 2.45) is 5.92 Å². The van der Waals surface area contributed by atoms with Crippen molar-refractivity contribution in [3.63, 3.8) is 0 Å². The summed E-state index contributed by atoms with van der Waals surface area (Å²) in [4.78, 5) is 2.25. The molecule has 1 atom stereocenters. The molecule has 3 rings (SSSR count). The molecule has 2 aromatic carbocycles. The fourth-order valence-corrected chi connectivity index (χ4v) is 4.11. The number of aliphatic hydroxyl groups is 1. The maximum absolute atomic E-state index is 10.6. The van der Waals surface area contributed by atoms with Crippen LogP contribution >= 0.6 is 0 Å². The van der Waals surface area contributed by atoms with E-state index in [-0.39, 0.29) is 6.61 Å². The van der Waals surface area contributed by atoms with Gasteiger partial charge in [-0.25, -0.2) is 4.68 Å². The van der Waals surface area contributed by atoms with Crippen molar-refractivity contribution < 1.29 is 19.3 Å². The van der Waals surface area contributed by atoms with Crippen molar-refractivity contribution in [2.75, 3.05) is 33.4 Å². The maximum atomic E-state index is 10.6. The number of hydrogen-bond donors (Lipinski definition) is 1. The van der Waals surface area contributed by atoms with E-state index >= 15 is 0 Å². The van der Waals surface area contributed by atoms with Gasteiger partial charge in [-0.1, -0.05) is 45.0 Å². The lowest BCUT2D eigenvalue weighted by atomic mass is 10.1. The van der Waals surface area contributed by atoms with Gasteiger partial charge in [0.25, 0.3) is 0 Å². The highest BCUT2D eigenvalue weighted by atomic mass is 16.5. The predicted molar refractivity (Wildman–Crippen MR) is 143 cm³/mol. The van der Waals surface area contributed by atoms with E-state index in [4.69, 9.17) is 19.3 Å². The molecule has 36 heavy (non-hydrogen) atoms. The molecular formula is C29H39N3O4. The topological polar surface area (TPSA) is 69.0 Å². The van der Waals surface area contributed by atoms with Gasteiger partial charge in [-0.2, -0.15) is 5.10 Å². The molecule has 1 N–H and O–H groups in total. The quantitative estimate of drug-likeness (QED) is 0.230. The van der Waals surface area contributed by atoms with Gasteiger partial charge >= 0.3 is 0 Å². The number of methoxy groups -OCH3 is 1. The van der Waals surface area contributed by atoms with Crippen molar-refractivity contribution in [3.05, 3.63) is 78.5 Å². The Morgan fingerprint density at radius 2 is 1.75 bits per heavy atom. The molecule has 0 aliphatic rings. The second kappa shape index (κ2) is 13.8. The number of aromatic nitrogens is 2. The van der Waals surface area contributed by atoms with Crippen molar-refractivity contribution in [2.45, 2.75) is 39.8 Å². The van der Waals surface area contributed by atoms with Gasteiger partial charge in [0.15, 0.2) is 0 Å². The molecule has 0 bridgehead atoms. The first-order chi connectivity index (χ1) is 17.4. The highest BCUT2D eigenvalue weighted by Gasteiger charge is 2.24. The summed E-state index contributed by atoms with van der Waals surface area (Å²) >= 11 is 0. The third kappa shape index (κ3) is 7.68. The van der Waals surface area contributed by atoms with Crippen LogP contribution in [0.25, 0.3) is 5.69 Å². The van der Waals surface area contributed by atoms with Gasteiger partial charge in [0.2, 0.25) is 5.88 Å². The van der Waals surface area contributed by atoms with Crippen LogP contribution in [0.15, 0.2) is 67.3 Å². The fraction of sp³-hybridized carbons (Fsp3) is 0.414. The summed E-state index contributed by atoms with van der Waals surface area (Å²) in [5.74, 6) is 2.56. The Bertz CT molecular complexity index is 1060. The molecule has 194 valence electrons. The Labute approximate surface area is 214 Å². The maximum Gasteiger partial charge on any atom is 0.227 e. The number of hydrogen-bond acceptors (Lipinski definition) is 6. The highest BCUT2D eigenvalue weighted by Crippen LogP contribution is 2.33. The van der Waals surface area contributed by atoms with Crippen LogP contribution in [-0.4, -0.2) is 59.3 Å². The van der Waals surface area contributed by atoms with Crippen LogP contribution in [0.1, 0.15) is 32.0 Å². The molecule has 0 saturated carbocycles. The summed E-state index contributed by atoms with van der Waals surface area (Å²) in [7, 11) is 1.64. The minimum Gasteiger partial charge on any atom is -0.497 e. The smallest absolute Gasteiger partial charge is 0.227 e. The number of para-hydroxylation sites is 1. The van der Waals surface area contributed by atoms with Crippen LogP contribution in [0.3, 0.4) is 0 Å². The molecule has 0 fully saturated rings. The lowest BCUT2D eigenvalue weighted by Gasteiger charge is -2.27. The Balaban J connectivity index is 1.97. The number of benzene rings is 2. The molecule has 0 radical (unpaired) electrons. The molecule has 0 aliphatic carbocycles. The summed E-state index contributed by atoms with van der Waals surface area (Å²) in [6.45, 7) is 12.7. The van der Waals surface area contributed by atoms with E-state index in [0.29, 0.717) is 37.2 Å². The first-order valence-electron chi connectivity index (χ1n) is 12.5. The third-order valence-corrected chi connectivity index (χ3v) is 5.65. The van der Waals surface area contributed by atoms with Gasteiger partial charge < -0.3 is 19.3 Å². The van der Waals surface area contributed by atoms with E-state index < -0.39 is 6.10 Å². The van der Waals surface area contributed by atoms with Crippen LogP contribution < -0.4 is 9.47 Å². The summed E-state index contributed by atoms with van der Waals surface area (Å²) in [6.07, 6.45) is 1.84. The first kappa shape index (κ1) is 27.5. The van der Waals surface area contributed by atoms with Gasteiger partial charge in [-0.3, -0.25) is 4.90 Å². The van der Waals surface area contributed by atoms with Gasteiger partial charge in [-0.05, 0) is 48.7 Å². The Morgan fingerprint density at radius 1 is 1.06 bits per heavy atom. The molecule has 0 saturated heterocycles. The molecular weight excluding hydrogens is 454 g/mol. The van der Waals surface area contributed by atoms with Gasteiger partial charge in [-0.15, -0.1) is 6.58 Å². The summed E-state index contributed by atoms with van der Waals surface area (Å²) in [5, 5.41) is 15.6. The van der Waals surface area contributed by atoms with Crippen molar-refractivity contribution >= 4 is 0 Å². The molecule has 3 aromatic rings. The van der Waals surface area contributed by atoms with Crippen LogP contribution in [0.2, 0.25) is 0 Å². The highest BCUT2D eigenvalue weighted by molar-refractivity contribution is 5.44. The molecule has 0 amide bonds. The van der Waals surface area contributed by atoms with Crippen LogP contribution in [-0.2, 0) is 17.7 Å². The minimum atomic E-state index is -0.607. The lowest BCUT2D eigenvalue weighted by molar-refractivity contribution is 0.0221. The zero-order valence-corrected chi connectivity index (χ0v) is 21.9.